The van der Waals surface area contributed by atoms with Gasteiger partial charge < -0.3 is 11.1 Å². The zero-order valence-electron chi connectivity index (χ0n) is 10.2. The Labute approximate surface area is 106 Å². The Bertz CT molecular complexity index is 552. The first-order chi connectivity index (χ1) is 8.66. The molecule has 92 valence electrons. The highest BCUT2D eigenvalue weighted by Crippen LogP contribution is 2.20. The molecule has 0 radical (unpaired) electrons. The van der Waals surface area contributed by atoms with Gasteiger partial charge in [-0.15, -0.1) is 0 Å². The molecule has 1 aromatic carbocycles. The summed E-state index contributed by atoms with van der Waals surface area (Å²) in [7, 11) is 0. The number of carbonyl (C=O) groups is 1. The summed E-state index contributed by atoms with van der Waals surface area (Å²) in [6, 6.07) is 9.16. The summed E-state index contributed by atoms with van der Waals surface area (Å²) >= 11 is 0. The fourth-order valence-corrected chi connectivity index (χ4v) is 1.64. The smallest absolute Gasteiger partial charge is 0.159 e. The van der Waals surface area contributed by atoms with Crippen molar-refractivity contribution >= 4 is 17.2 Å². The Kier molecular flexibility index (Phi) is 3.57. The molecule has 2 rings (SSSR count). The molecule has 0 spiro atoms. The molecule has 4 heteroatoms. The lowest BCUT2D eigenvalue weighted by molar-refractivity contribution is 0.101. The fourth-order valence-electron chi connectivity index (χ4n) is 1.64. The molecule has 0 aliphatic rings. The zero-order chi connectivity index (χ0) is 13.0. The number of aromatic nitrogens is 1. The highest BCUT2D eigenvalue weighted by molar-refractivity contribution is 5.95. The van der Waals surface area contributed by atoms with Crippen LogP contribution in [-0.4, -0.2) is 10.8 Å². The quantitative estimate of drug-likeness (QED) is 0.637. The van der Waals surface area contributed by atoms with E-state index in [1.807, 2.05) is 18.2 Å². The summed E-state index contributed by atoms with van der Waals surface area (Å²) in [5.41, 5.74) is 9.06. The molecular weight excluding hydrogens is 226 g/mol. The average Bonchev–Trinajstić information content (AvgIpc) is 2.38. The number of ketones is 1. The molecule has 0 unspecified atom stereocenters. The van der Waals surface area contributed by atoms with Crippen molar-refractivity contribution < 1.29 is 4.79 Å². The van der Waals surface area contributed by atoms with Gasteiger partial charge in [-0.05, 0) is 42.8 Å². The van der Waals surface area contributed by atoms with Crippen LogP contribution in [0.5, 0.6) is 0 Å². The molecule has 0 amide bonds. The van der Waals surface area contributed by atoms with Crippen LogP contribution in [0.4, 0.5) is 11.4 Å². The van der Waals surface area contributed by atoms with Crippen molar-refractivity contribution in [2.24, 2.45) is 0 Å². The maximum absolute atomic E-state index is 11.2. The molecule has 18 heavy (non-hydrogen) atoms. The number of pyridine rings is 1. The Balaban J connectivity index is 2.08. The first-order valence-electron chi connectivity index (χ1n) is 5.70. The van der Waals surface area contributed by atoms with Crippen molar-refractivity contribution in [1.82, 2.24) is 4.98 Å². The van der Waals surface area contributed by atoms with Crippen LogP contribution >= 0.6 is 0 Å². The van der Waals surface area contributed by atoms with Crippen LogP contribution in [0.2, 0.25) is 0 Å². The third-order valence-corrected chi connectivity index (χ3v) is 2.69. The average molecular weight is 241 g/mol. The van der Waals surface area contributed by atoms with Gasteiger partial charge in [-0.25, -0.2) is 0 Å². The lowest BCUT2D eigenvalue weighted by Gasteiger charge is -2.10. The van der Waals surface area contributed by atoms with E-state index in [1.54, 1.807) is 24.5 Å². The Morgan fingerprint density at radius 3 is 2.61 bits per heavy atom. The molecule has 2 aromatic rings. The summed E-state index contributed by atoms with van der Waals surface area (Å²) in [6.45, 7) is 2.20. The van der Waals surface area contributed by atoms with Crippen molar-refractivity contribution in [3.63, 3.8) is 0 Å². The minimum Gasteiger partial charge on any atom is -0.397 e. The summed E-state index contributed by atoms with van der Waals surface area (Å²) in [4.78, 5) is 15.2. The van der Waals surface area contributed by atoms with E-state index in [9.17, 15) is 4.79 Å². The fraction of sp³-hybridized carbons (Fsp3) is 0.143. The van der Waals surface area contributed by atoms with Gasteiger partial charge in [-0.1, -0.05) is 0 Å². The number of benzene rings is 1. The van der Waals surface area contributed by atoms with Gasteiger partial charge >= 0.3 is 0 Å². The standard InChI is InChI=1S/C14H15N3O/c1-10(18)12-2-3-14(13(15)8-12)17-9-11-4-6-16-7-5-11/h2-8,17H,9,15H2,1H3. The van der Waals surface area contributed by atoms with Gasteiger partial charge in [0.2, 0.25) is 0 Å². The molecule has 0 bridgehead atoms. The highest BCUT2D eigenvalue weighted by atomic mass is 16.1. The first-order valence-corrected chi connectivity index (χ1v) is 5.70. The topological polar surface area (TPSA) is 68.0 Å². The van der Waals surface area contributed by atoms with Gasteiger partial charge in [0.1, 0.15) is 0 Å². The number of anilines is 2. The number of hydrogen-bond donors (Lipinski definition) is 2. The lowest BCUT2D eigenvalue weighted by Crippen LogP contribution is -2.04. The van der Waals surface area contributed by atoms with Crippen molar-refractivity contribution in [2.75, 3.05) is 11.1 Å². The van der Waals surface area contributed by atoms with Crippen molar-refractivity contribution in [1.29, 1.82) is 0 Å². The third kappa shape index (κ3) is 2.85. The largest absolute Gasteiger partial charge is 0.397 e. The number of carbonyl (C=O) groups excluding carboxylic acids is 1. The maximum Gasteiger partial charge on any atom is 0.159 e. The third-order valence-electron chi connectivity index (χ3n) is 2.69. The van der Waals surface area contributed by atoms with Crippen molar-refractivity contribution in [3.05, 3.63) is 53.9 Å². The molecule has 0 aliphatic heterocycles. The summed E-state index contributed by atoms with van der Waals surface area (Å²) < 4.78 is 0. The van der Waals surface area contributed by atoms with Crippen LogP contribution in [0.25, 0.3) is 0 Å². The molecule has 0 atom stereocenters. The van der Waals surface area contributed by atoms with Crippen molar-refractivity contribution in [3.8, 4) is 0 Å². The molecule has 0 saturated heterocycles. The number of hydrogen-bond acceptors (Lipinski definition) is 4. The molecule has 1 heterocycles. The number of nitrogens with two attached hydrogens (primary N) is 1. The second-order valence-corrected chi connectivity index (χ2v) is 4.07. The Hall–Kier alpha value is -2.36. The van der Waals surface area contributed by atoms with Crippen LogP contribution in [0.15, 0.2) is 42.7 Å². The molecule has 4 nitrogen and oxygen atoms in total. The van der Waals surface area contributed by atoms with Gasteiger partial charge in [-0.2, -0.15) is 0 Å². The number of Topliss-reactive ketones (excluding diaryl/α,β-unsaturated/α-hetero) is 1. The normalized spacial score (nSPS) is 10.1. The SMILES string of the molecule is CC(=O)c1ccc(NCc2ccncc2)c(N)c1. The van der Waals surface area contributed by atoms with Gasteiger partial charge in [0.25, 0.3) is 0 Å². The van der Waals surface area contributed by atoms with E-state index in [0.29, 0.717) is 17.8 Å². The zero-order valence-corrected chi connectivity index (χ0v) is 10.2. The maximum atomic E-state index is 11.2. The highest BCUT2D eigenvalue weighted by Gasteiger charge is 2.03. The first kappa shape index (κ1) is 12.1. The van der Waals surface area contributed by atoms with E-state index in [-0.39, 0.29) is 5.78 Å². The second kappa shape index (κ2) is 5.31. The predicted molar refractivity (Wildman–Crippen MR) is 72.4 cm³/mol. The van der Waals surface area contributed by atoms with Gasteiger partial charge in [0.15, 0.2) is 5.78 Å². The van der Waals surface area contributed by atoms with Crippen LogP contribution < -0.4 is 11.1 Å². The monoisotopic (exact) mass is 241 g/mol. The summed E-state index contributed by atoms with van der Waals surface area (Å²) in [6.07, 6.45) is 3.50. The van der Waals surface area contributed by atoms with E-state index < -0.39 is 0 Å². The minimum atomic E-state index is 0.0161. The Morgan fingerprint density at radius 1 is 1.28 bits per heavy atom. The van der Waals surface area contributed by atoms with Crippen LogP contribution in [0, 0.1) is 0 Å². The second-order valence-electron chi connectivity index (χ2n) is 4.07. The molecule has 0 fully saturated rings. The predicted octanol–water partition coefficient (Wildman–Crippen LogP) is 2.48. The van der Waals surface area contributed by atoms with Crippen LogP contribution in [0.3, 0.4) is 0 Å². The van der Waals surface area contributed by atoms with Gasteiger partial charge in [0.05, 0.1) is 11.4 Å². The summed E-state index contributed by atoms with van der Waals surface area (Å²) in [5.74, 6) is 0.0161. The van der Waals surface area contributed by atoms with E-state index in [1.165, 1.54) is 6.92 Å². The molecule has 3 N–H and O–H groups in total. The molecular formula is C14H15N3O. The Morgan fingerprint density at radius 2 is 2.00 bits per heavy atom. The minimum absolute atomic E-state index is 0.0161. The van der Waals surface area contributed by atoms with Crippen LogP contribution in [-0.2, 0) is 6.54 Å². The summed E-state index contributed by atoms with van der Waals surface area (Å²) in [5, 5.41) is 3.23. The number of nitrogen functional groups attached to an aromatic ring is 1. The van der Waals surface area contributed by atoms with E-state index in [0.717, 1.165) is 11.3 Å². The lowest BCUT2D eigenvalue weighted by atomic mass is 10.1. The number of nitrogens with one attached hydrogen (secondary N) is 1. The van der Waals surface area contributed by atoms with E-state index in [2.05, 4.69) is 10.3 Å². The van der Waals surface area contributed by atoms with Crippen LogP contribution in [0.1, 0.15) is 22.8 Å². The molecule has 0 aliphatic carbocycles. The van der Waals surface area contributed by atoms with E-state index in [4.69, 9.17) is 5.73 Å². The van der Waals surface area contributed by atoms with Gasteiger partial charge in [-0.3, -0.25) is 9.78 Å². The number of nitrogens with zero attached hydrogens (tertiary/aromatic N) is 1. The molecule has 0 saturated carbocycles. The van der Waals surface area contributed by atoms with Gasteiger partial charge in [0, 0.05) is 24.5 Å². The van der Waals surface area contributed by atoms with E-state index >= 15 is 0 Å². The van der Waals surface area contributed by atoms with Crippen molar-refractivity contribution in [2.45, 2.75) is 13.5 Å². The number of rotatable bonds is 4. The molecule has 1 aromatic heterocycles.